The van der Waals surface area contributed by atoms with Crippen molar-refractivity contribution in [2.75, 3.05) is 0 Å². The topological polar surface area (TPSA) is 17.1 Å². The van der Waals surface area contributed by atoms with Crippen molar-refractivity contribution in [2.45, 2.75) is 77.6 Å². The lowest BCUT2D eigenvalue weighted by molar-refractivity contribution is 0.0924. The molecule has 0 aliphatic heterocycles. The molecule has 1 saturated carbocycles. The Morgan fingerprint density at radius 3 is 2.19 bits per heavy atom. The Labute approximate surface area is 154 Å². The largest absolute Gasteiger partial charge is 0.294 e. The van der Waals surface area contributed by atoms with Crippen LogP contribution in [0.15, 0.2) is 6.07 Å². The Balaban J connectivity index is 1.43. The van der Waals surface area contributed by atoms with Gasteiger partial charge in [-0.1, -0.05) is 64.7 Å². The zero-order valence-electron chi connectivity index (χ0n) is 15.6. The summed E-state index contributed by atoms with van der Waals surface area (Å²) in [6.45, 7) is 2.25. The predicted molar refractivity (Wildman–Crippen MR) is 96.7 cm³/mol. The van der Waals surface area contributed by atoms with Crippen molar-refractivity contribution in [2.24, 2.45) is 17.8 Å². The van der Waals surface area contributed by atoms with E-state index < -0.39 is 17.5 Å². The number of fused-ring (bicyclic) bond motifs is 1. The molecular weight excluding hydrogens is 337 g/mol. The number of benzene rings is 1. The zero-order valence-corrected chi connectivity index (χ0v) is 15.6. The van der Waals surface area contributed by atoms with Crippen LogP contribution in [0, 0.1) is 35.2 Å². The molecule has 1 aromatic carbocycles. The van der Waals surface area contributed by atoms with Gasteiger partial charge in [-0.15, -0.1) is 0 Å². The van der Waals surface area contributed by atoms with Crippen LogP contribution in [0.2, 0.25) is 0 Å². The molecule has 1 atom stereocenters. The highest BCUT2D eigenvalue weighted by Crippen LogP contribution is 2.36. The first kappa shape index (κ1) is 19.4. The van der Waals surface area contributed by atoms with E-state index in [1.807, 2.05) is 0 Å². The number of carbonyl (C=O) groups is 1. The molecule has 1 nitrogen and oxygen atoms in total. The molecule has 1 fully saturated rings. The number of halogens is 3. The van der Waals surface area contributed by atoms with E-state index in [0.29, 0.717) is 18.4 Å². The minimum atomic E-state index is -1.53. The molecule has 0 spiro atoms. The highest BCUT2D eigenvalue weighted by Gasteiger charge is 2.35. The summed E-state index contributed by atoms with van der Waals surface area (Å²) in [6.07, 6.45) is 12.2. The van der Waals surface area contributed by atoms with Gasteiger partial charge < -0.3 is 0 Å². The second kappa shape index (κ2) is 8.58. The van der Waals surface area contributed by atoms with E-state index in [4.69, 9.17) is 0 Å². The van der Waals surface area contributed by atoms with Crippen LogP contribution in [0.5, 0.6) is 0 Å². The lowest BCUT2D eigenvalue weighted by Crippen LogP contribution is -2.15. The lowest BCUT2D eigenvalue weighted by atomic mass is 9.78. The van der Waals surface area contributed by atoms with Gasteiger partial charge in [0, 0.05) is 5.92 Å². The number of Topliss-reactive ketones (excluding diaryl/α,β-unsaturated/α-hetero) is 1. The molecule has 0 aromatic heterocycles. The Bertz CT molecular complexity index is 647. The number of unbranched alkanes of at least 4 members (excludes halogenated alkanes) is 1. The molecular formula is C22H29F3O. The second-order valence-corrected chi connectivity index (χ2v) is 8.25. The Morgan fingerprint density at radius 2 is 1.54 bits per heavy atom. The van der Waals surface area contributed by atoms with Crippen LogP contribution in [-0.4, -0.2) is 5.78 Å². The van der Waals surface area contributed by atoms with Crippen LogP contribution in [0.4, 0.5) is 13.2 Å². The van der Waals surface area contributed by atoms with E-state index in [0.717, 1.165) is 30.7 Å². The van der Waals surface area contributed by atoms with Crippen molar-refractivity contribution in [1.29, 1.82) is 0 Å². The van der Waals surface area contributed by atoms with Crippen LogP contribution in [0.25, 0.3) is 0 Å². The normalized spacial score (nSPS) is 25.5. The molecule has 0 heterocycles. The number of hydrogen-bond donors (Lipinski definition) is 0. The number of hydrogen-bond acceptors (Lipinski definition) is 1. The molecule has 26 heavy (non-hydrogen) atoms. The Kier molecular flexibility index (Phi) is 6.42. The second-order valence-electron chi connectivity index (χ2n) is 8.25. The molecule has 0 saturated heterocycles. The lowest BCUT2D eigenvalue weighted by Gasteiger charge is -2.28. The van der Waals surface area contributed by atoms with E-state index >= 15 is 0 Å². The van der Waals surface area contributed by atoms with Gasteiger partial charge in [-0.05, 0) is 36.3 Å². The molecule has 144 valence electrons. The quantitative estimate of drug-likeness (QED) is 0.391. The van der Waals surface area contributed by atoms with Crippen molar-refractivity contribution >= 4 is 5.78 Å². The predicted octanol–water partition coefficient (Wildman–Crippen LogP) is 6.63. The van der Waals surface area contributed by atoms with Gasteiger partial charge in [0.25, 0.3) is 0 Å². The maximum absolute atomic E-state index is 13.9. The molecule has 1 aromatic rings. The highest BCUT2D eigenvalue weighted by atomic mass is 19.2. The highest BCUT2D eigenvalue weighted by molar-refractivity contribution is 6.02. The van der Waals surface area contributed by atoms with E-state index in [2.05, 4.69) is 6.92 Å². The van der Waals surface area contributed by atoms with Gasteiger partial charge in [0.2, 0.25) is 0 Å². The fraction of sp³-hybridized carbons (Fsp3) is 0.682. The molecule has 2 aliphatic carbocycles. The van der Waals surface area contributed by atoms with Gasteiger partial charge in [-0.25, -0.2) is 13.2 Å². The van der Waals surface area contributed by atoms with Gasteiger partial charge >= 0.3 is 0 Å². The third kappa shape index (κ3) is 4.15. The number of ketones is 1. The SMILES string of the molecule is CCCC1CCC(CCCCC2Cc3cc(F)c(F)c(F)c3C2=O)CC1. The summed E-state index contributed by atoms with van der Waals surface area (Å²) >= 11 is 0. The molecule has 4 heteroatoms. The number of rotatable bonds is 7. The van der Waals surface area contributed by atoms with Gasteiger partial charge in [0.05, 0.1) is 5.56 Å². The van der Waals surface area contributed by atoms with Crippen LogP contribution in [-0.2, 0) is 6.42 Å². The Morgan fingerprint density at radius 1 is 0.923 bits per heavy atom. The molecule has 0 bridgehead atoms. The van der Waals surface area contributed by atoms with Gasteiger partial charge in [0.1, 0.15) is 0 Å². The van der Waals surface area contributed by atoms with Crippen molar-refractivity contribution in [3.05, 3.63) is 34.6 Å². The first-order valence-electron chi connectivity index (χ1n) is 10.2. The van der Waals surface area contributed by atoms with Crippen LogP contribution < -0.4 is 0 Å². The minimum Gasteiger partial charge on any atom is -0.294 e. The fourth-order valence-electron chi connectivity index (χ4n) is 4.91. The summed E-state index contributed by atoms with van der Waals surface area (Å²) in [6, 6.07) is 0.987. The molecule has 1 unspecified atom stereocenters. The maximum atomic E-state index is 13.9. The summed E-state index contributed by atoms with van der Waals surface area (Å²) in [7, 11) is 0. The third-order valence-corrected chi connectivity index (χ3v) is 6.41. The van der Waals surface area contributed by atoms with Crippen molar-refractivity contribution in [1.82, 2.24) is 0 Å². The van der Waals surface area contributed by atoms with Crippen LogP contribution in [0.3, 0.4) is 0 Å². The average molecular weight is 366 g/mol. The fourth-order valence-corrected chi connectivity index (χ4v) is 4.91. The standard InChI is InChI=1S/C22H29F3O/c1-2-5-14-8-10-15(11-9-14)6-3-4-7-16-12-17-13-18(23)20(24)21(25)19(17)22(16)26/h13-16H,2-12H2,1H3. The van der Waals surface area contributed by atoms with Gasteiger partial charge in [-0.2, -0.15) is 0 Å². The number of carbonyl (C=O) groups excluding carboxylic acids is 1. The molecule has 2 aliphatic rings. The van der Waals surface area contributed by atoms with Gasteiger partial charge in [-0.3, -0.25) is 4.79 Å². The molecule has 0 radical (unpaired) electrons. The molecule has 0 amide bonds. The van der Waals surface area contributed by atoms with Crippen molar-refractivity contribution < 1.29 is 18.0 Å². The first-order valence-corrected chi connectivity index (χ1v) is 10.2. The van der Waals surface area contributed by atoms with Crippen LogP contribution in [0.1, 0.15) is 87.1 Å². The van der Waals surface area contributed by atoms with E-state index in [-0.39, 0.29) is 17.3 Å². The Hall–Kier alpha value is -1.32. The molecule has 0 N–H and O–H groups in total. The third-order valence-electron chi connectivity index (χ3n) is 6.41. The monoisotopic (exact) mass is 366 g/mol. The summed E-state index contributed by atoms with van der Waals surface area (Å²) in [4.78, 5) is 12.3. The van der Waals surface area contributed by atoms with E-state index in [9.17, 15) is 18.0 Å². The average Bonchev–Trinajstić information content (AvgIpc) is 2.94. The van der Waals surface area contributed by atoms with E-state index in [1.165, 1.54) is 44.9 Å². The summed E-state index contributed by atoms with van der Waals surface area (Å²) in [5.74, 6) is -2.99. The smallest absolute Gasteiger partial charge is 0.195 e. The van der Waals surface area contributed by atoms with Crippen molar-refractivity contribution in [3.8, 4) is 0 Å². The van der Waals surface area contributed by atoms with Crippen molar-refractivity contribution in [3.63, 3.8) is 0 Å². The summed E-state index contributed by atoms with van der Waals surface area (Å²) in [5, 5.41) is 0. The summed E-state index contributed by atoms with van der Waals surface area (Å²) in [5.41, 5.74) is 0.105. The minimum absolute atomic E-state index is 0.219. The van der Waals surface area contributed by atoms with Crippen LogP contribution >= 0.6 is 0 Å². The zero-order chi connectivity index (χ0) is 18.7. The first-order chi connectivity index (χ1) is 12.5. The maximum Gasteiger partial charge on any atom is 0.195 e. The molecule has 3 rings (SSSR count). The van der Waals surface area contributed by atoms with Gasteiger partial charge in [0.15, 0.2) is 23.2 Å². The van der Waals surface area contributed by atoms with E-state index in [1.54, 1.807) is 0 Å². The summed E-state index contributed by atoms with van der Waals surface area (Å²) < 4.78 is 40.6.